The van der Waals surface area contributed by atoms with Gasteiger partial charge in [-0.05, 0) is 67.5 Å². The summed E-state index contributed by atoms with van der Waals surface area (Å²) in [5.74, 6) is -0.570. The van der Waals surface area contributed by atoms with Gasteiger partial charge in [0.25, 0.3) is 5.91 Å². The molecule has 2 aromatic carbocycles. The van der Waals surface area contributed by atoms with E-state index in [2.05, 4.69) is 17.6 Å². The molecule has 2 aromatic rings. The van der Waals surface area contributed by atoms with E-state index in [0.717, 1.165) is 24.8 Å². The summed E-state index contributed by atoms with van der Waals surface area (Å²) in [5.41, 5.74) is 7.74. The number of ether oxygens (including phenoxy) is 1. The van der Waals surface area contributed by atoms with Crippen LogP contribution in [-0.2, 0) is 4.79 Å². The van der Waals surface area contributed by atoms with Crippen molar-refractivity contribution in [3.63, 3.8) is 0 Å². The number of methoxy groups -OCH3 is 1. The second-order valence-corrected chi connectivity index (χ2v) is 7.76. The largest absolute Gasteiger partial charge is 0.494 e. The van der Waals surface area contributed by atoms with Crippen molar-refractivity contribution in [2.45, 2.75) is 44.2 Å². The molecule has 6 nitrogen and oxygen atoms in total. The maximum Gasteiger partial charge on any atom is 0.251 e. The summed E-state index contributed by atoms with van der Waals surface area (Å²) < 4.78 is 18.7. The summed E-state index contributed by atoms with van der Waals surface area (Å²) in [6.07, 6.45) is 3.11. The van der Waals surface area contributed by atoms with Gasteiger partial charge in [0.2, 0.25) is 5.91 Å². The maximum atomic E-state index is 13.6. The molecule has 0 aromatic heterocycles. The molecule has 1 aliphatic rings. The van der Waals surface area contributed by atoms with Gasteiger partial charge in [-0.25, -0.2) is 4.39 Å². The number of rotatable bonds is 8. The highest BCUT2D eigenvalue weighted by molar-refractivity contribution is 5.96. The van der Waals surface area contributed by atoms with Gasteiger partial charge < -0.3 is 21.1 Å². The van der Waals surface area contributed by atoms with Crippen LogP contribution < -0.4 is 21.1 Å². The molecule has 0 aliphatic heterocycles. The van der Waals surface area contributed by atoms with Gasteiger partial charge in [-0.1, -0.05) is 18.2 Å². The van der Waals surface area contributed by atoms with Crippen molar-refractivity contribution in [1.29, 1.82) is 0 Å². The number of amides is 2. The molecule has 1 aliphatic carbocycles. The van der Waals surface area contributed by atoms with E-state index in [4.69, 9.17) is 10.5 Å². The first kappa shape index (κ1) is 21.8. The number of halogens is 1. The smallest absolute Gasteiger partial charge is 0.251 e. The molecule has 0 spiro atoms. The highest BCUT2D eigenvalue weighted by Crippen LogP contribution is 2.35. The lowest BCUT2D eigenvalue weighted by Gasteiger charge is -2.21. The molecule has 3 rings (SSSR count). The van der Waals surface area contributed by atoms with E-state index >= 15 is 0 Å². The second-order valence-electron chi connectivity index (χ2n) is 7.76. The van der Waals surface area contributed by atoms with E-state index < -0.39 is 5.91 Å². The van der Waals surface area contributed by atoms with Crippen molar-refractivity contribution >= 4 is 11.8 Å². The molecule has 160 valence electrons. The van der Waals surface area contributed by atoms with E-state index in [9.17, 15) is 14.0 Å². The lowest BCUT2D eigenvalue weighted by atomic mass is 9.96. The molecule has 0 radical (unpaired) electrons. The van der Waals surface area contributed by atoms with Crippen molar-refractivity contribution in [1.82, 2.24) is 10.6 Å². The maximum absolute atomic E-state index is 13.6. The van der Waals surface area contributed by atoms with Gasteiger partial charge in [0.1, 0.15) is 0 Å². The van der Waals surface area contributed by atoms with Crippen LogP contribution >= 0.6 is 0 Å². The zero-order valence-electron chi connectivity index (χ0n) is 17.3. The van der Waals surface area contributed by atoms with Gasteiger partial charge >= 0.3 is 0 Å². The quantitative estimate of drug-likeness (QED) is 0.620. The van der Waals surface area contributed by atoms with Crippen LogP contribution in [0.1, 0.15) is 59.6 Å². The summed E-state index contributed by atoms with van der Waals surface area (Å²) in [6.45, 7) is 1.90. The monoisotopic (exact) mass is 413 g/mol. The fraction of sp³-hybridized carbons (Fsp3) is 0.391. The Morgan fingerprint density at radius 1 is 1.20 bits per heavy atom. The third kappa shape index (κ3) is 5.36. The minimum absolute atomic E-state index is 0.0829. The molecular formula is C23H28FN3O3. The average Bonchev–Trinajstić information content (AvgIpc) is 3.20. The molecule has 0 saturated heterocycles. The summed E-state index contributed by atoms with van der Waals surface area (Å²) in [7, 11) is 1.47. The predicted octanol–water partition coefficient (Wildman–Crippen LogP) is 3.04. The van der Waals surface area contributed by atoms with Crippen LogP contribution in [0.15, 0.2) is 42.5 Å². The van der Waals surface area contributed by atoms with Gasteiger partial charge in [0.15, 0.2) is 11.6 Å². The van der Waals surface area contributed by atoms with Crippen LogP contribution in [0.4, 0.5) is 4.39 Å². The topological polar surface area (TPSA) is 93.4 Å². The number of primary amides is 1. The number of nitrogens with two attached hydrogens (primary N) is 1. The van der Waals surface area contributed by atoms with E-state index in [1.165, 1.54) is 18.7 Å². The van der Waals surface area contributed by atoms with Gasteiger partial charge in [-0.3, -0.25) is 9.59 Å². The molecule has 0 bridgehead atoms. The standard InChI is InChI=1S/C23H28FN3O3/c1-14(17-8-10-20(24)21(12-17)30-2)27-19-9-7-18(11-19)15-3-5-16(6-4-15)23(29)26-13-22(25)28/h3-6,8,10,12,14,18-19,27H,7,9,11,13H2,1-2H3,(H2,25,28)(H,26,29)/t14-,18+,19?/m1/s1. The highest BCUT2D eigenvalue weighted by atomic mass is 19.1. The van der Waals surface area contributed by atoms with E-state index in [0.29, 0.717) is 17.5 Å². The number of nitrogens with one attached hydrogen (secondary N) is 2. The number of carbonyl (C=O) groups is 2. The fourth-order valence-electron chi connectivity index (χ4n) is 4.01. The van der Waals surface area contributed by atoms with Gasteiger partial charge in [0, 0.05) is 17.6 Å². The van der Waals surface area contributed by atoms with E-state index in [-0.39, 0.29) is 30.1 Å². The first-order chi connectivity index (χ1) is 14.4. The first-order valence-corrected chi connectivity index (χ1v) is 10.1. The van der Waals surface area contributed by atoms with Crippen molar-refractivity contribution in [2.24, 2.45) is 5.73 Å². The van der Waals surface area contributed by atoms with Crippen LogP contribution in [0.5, 0.6) is 5.75 Å². The summed E-state index contributed by atoms with van der Waals surface area (Å²) in [4.78, 5) is 22.8. The van der Waals surface area contributed by atoms with Crippen LogP contribution in [0.25, 0.3) is 0 Å². The zero-order chi connectivity index (χ0) is 21.7. The zero-order valence-corrected chi connectivity index (χ0v) is 17.3. The van der Waals surface area contributed by atoms with Crippen LogP contribution in [0.2, 0.25) is 0 Å². The number of carbonyl (C=O) groups excluding carboxylic acids is 2. The predicted molar refractivity (Wildman–Crippen MR) is 113 cm³/mol. The van der Waals surface area contributed by atoms with Gasteiger partial charge in [-0.2, -0.15) is 0 Å². The van der Waals surface area contributed by atoms with Crippen molar-refractivity contribution < 1.29 is 18.7 Å². The molecule has 1 fully saturated rings. The summed E-state index contributed by atoms with van der Waals surface area (Å²) in [5, 5.41) is 6.12. The van der Waals surface area contributed by atoms with Crippen LogP contribution in [-0.4, -0.2) is 31.5 Å². The van der Waals surface area contributed by atoms with E-state index in [1.54, 1.807) is 24.3 Å². The van der Waals surface area contributed by atoms with E-state index in [1.807, 2.05) is 12.1 Å². The SMILES string of the molecule is COc1cc([C@@H](C)NC2CC[C@H](c3ccc(C(=O)NCC(N)=O)cc3)C2)ccc1F. The highest BCUT2D eigenvalue weighted by Gasteiger charge is 2.27. The van der Waals surface area contributed by atoms with Crippen molar-refractivity contribution in [3.8, 4) is 5.75 Å². The van der Waals surface area contributed by atoms with Crippen molar-refractivity contribution in [3.05, 3.63) is 65.0 Å². The number of hydrogen-bond donors (Lipinski definition) is 3. The third-order valence-corrected chi connectivity index (χ3v) is 5.66. The molecule has 30 heavy (non-hydrogen) atoms. The van der Waals surface area contributed by atoms with Gasteiger partial charge in [0.05, 0.1) is 13.7 Å². The molecule has 1 unspecified atom stereocenters. The number of hydrogen-bond acceptors (Lipinski definition) is 4. The minimum atomic E-state index is -0.572. The Morgan fingerprint density at radius 2 is 1.93 bits per heavy atom. The Bertz CT molecular complexity index is 901. The first-order valence-electron chi connectivity index (χ1n) is 10.1. The molecule has 7 heteroatoms. The molecule has 4 N–H and O–H groups in total. The molecule has 1 saturated carbocycles. The average molecular weight is 413 g/mol. The Kier molecular flexibility index (Phi) is 7.05. The Morgan fingerprint density at radius 3 is 2.60 bits per heavy atom. The molecule has 2 amide bonds. The normalized spacial score (nSPS) is 19.3. The Hall–Kier alpha value is -2.93. The molecular weight excluding hydrogens is 385 g/mol. The Balaban J connectivity index is 1.56. The minimum Gasteiger partial charge on any atom is -0.494 e. The second kappa shape index (κ2) is 9.71. The van der Waals surface area contributed by atoms with Crippen molar-refractivity contribution in [2.75, 3.05) is 13.7 Å². The summed E-state index contributed by atoms with van der Waals surface area (Å²) >= 11 is 0. The third-order valence-electron chi connectivity index (χ3n) is 5.66. The fourth-order valence-corrected chi connectivity index (χ4v) is 4.01. The van der Waals surface area contributed by atoms with Crippen LogP contribution in [0.3, 0.4) is 0 Å². The Labute approximate surface area is 176 Å². The lowest BCUT2D eigenvalue weighted by molar-refractivity contribution is -0.117. The molecule has 3 atom stereocenters. The van der Waals surface area contributed by atoms with Gasteiger partial charge in [-0.15, -0.1) is 0 Å². The lowest BCUT2D eigenvalue weighted by Crippen LogP contribution is -2.33. The molecule has 0 heterocycles. The van der Waals surface area contributed by atoms with Crippen LogP contribution in [0, 0.1) is 5.82 Å². The number of benzene rings is 2. The summed E-state index contributed by atoms with van der Waals surface area (Å²) in [6, 6.07) is 12.9.